The molecule has 96 valence electrons. The van der Waals surface area contributed by atoms with Crippen molar-refractivity contribution in [2.24, 2.45) is 7.05 Å². The third kappa shape index (κ3) is 2.02. The SMILES string of the molecule is Cc1cc(N)ccc1-c1nc2cc(Br)ccc2n1C. The van der Waals surface area contributed by atoms with Gasteiger partial charge in [0.05, 0.1) is 11.0 Å². The lowest BCUT2D eigenvalue weighted by Gasteiger charge is -2.07. The molecule has 0 bridgehead atoms. The molecule has 1 aromatic heterocycles. The van der Waals surface area contributed by atoms with Gasteiger partial charge >= 0.3 is 0 Å². The lowest BCUT2D eigenvalue weighted by Crippen LogP contribution is -1.95. The van der Waals surface area contributed by atoms with Crippen LogP contribution in [-0.2, 0) is 7.05 Å². The molecule has 0 aliphatic carbocycles. The van der Waals surface area contributed by atoms with E-state index in [1.807, 2.05) is 37.4 Å². The molecule has 3 nitrogen and oxygen atoms in total. The van der Waals surface area contributed by atoms with E-state index in [1.165, 1.54) is 0 Å². The van der Waals surface area contributed by atoms with Gasteiger partial charge in [-0.05, 0) is 48.9 Å². The summed E-state index contributed by atoms with van der Waals surface area (Å²) in [5, 5.41) is 0. The number of fused-ring (bicyclic) bond motifs is 1. The maximum Gasteiger partial charge on any atom is 0.141 e. The van der Waals surface area contributed by atoms with Gasteiger partial charge in [-0.3, -0.25) is 0 Å². The van der Waals surface area contributed by atoms with Crippen LogP contribution in [0.25, 0.3) is 22.4 Å². The maximum atomic E-state index is 5.81. The third-order valence-electron chi connectivity index (χ3n) is 3.33. The maximum absolute atomic E-state index is 5.81. The Morgan fingerprint density at radius 1 is 1.16 bits per heavy atom. The Bertz CT molecular complexity index is 774. The number of aryl methyl sites for hydroxylation is 2. The van der Waals surface area contributed by atoms with E-state index in [2.05, 4.69) is 33.5 Å². The van der Waals surface area contributed by atoms with Crippen molar-refractivity contribution in [1.82, 2.24) is 9.55 Å². The second kappa shape index (κ2) is 4.38. The van der Waals surface area contributed by atoms with Gasteiger partial charge in [0.2, 0.25) is 0 Å². The molecule has 2 N–H and O–H groups in total. The first-order chi connectivity index (χ1) is 9.06. The average molecular weight is 316 g/mol. The van der Waals surface area contributed by atoms with Crippen molar-refractivity contribution in [3.8, 4) is 11.4 Å². The summed E-state index contributed by atoms with van der Waals surface area (Å²) in [5.74, 6) is 0.964. The number of nitrogen functional groups attached to an aromatic ring is 1. The fourth-order valence-electron chi connectivity index (χ4n) is 2.35. The number of nitrogens with two attached hydrogens (primary N) is 1. The second-order valence-corrected chi connectivity index (χ2v) is 5.62. The molecule has 0 spiro atoms. The van der Waals surface area contributed by atoms with E-state index >= 15 is 0 Å². The van der Waals surface area contributed by atoms with Gasteiger partial charge in [-0.2, -0.15) is 0 Å². The van der Waals surface area contributed by atoms with Crippen LogP contribution in [0.2, 0.25) is 0 Å². The second-order valence-electron chi connectivity index (χ2n) is 4.70. The highest BCUT2D eigenvalue weighted by molar-refractivity contribution is 9.10. The monoisotopic (exact) mass is 315 g/mol. The minimum absolute atomic E-state index is 0.780. The van der Waals surface area contributed by atoms with Crippen molar-refractivity contribution >= 4 is 32.7 Å². The molecule has 0 aliphatic heterocycles. The Hall–Kier alpha value is -1.81. The molecule has 3 aromatic rings. The summed E-state index contributed by atoms with van der Waals surface area (Å²) in [6.07, 6.45) is 0. The number of rotatable bonds is 1. The van der Waals surface area contributed by atoms with Crippen LogP contribution in [0.3, 0.4) is 0 Å². The van der Waals surface area contributed by atoms with Gasteiger partial charge in [0.1, 0.15) is 5.82 Å². The van der Waals surface area contributed by atoms with Crippen molar-refractivity contribution < 1.29 is 0 Å². The topological polar surface area (TPSA) is 43.8 Å². The summed E-state index contributed by atoms with van der Waals surface area (Å²) >= 11 is 3.48. The molecule has 0 unspecified atom stereocenters. The van der Waals surface area contributed by atoms with Gasteiger partial charge in [0.15, 0.2) is 0 Å². The highest BCUT2D eigenvalue weighted by atomic mass is 79.9. The average Bonchev–Trinajstić information content (AvgIpc) is 2.66. The van der Waals surface area contributed by atoms with Crippen molar-refractivity contribution in [2.75, 3.05) is 5.73 Å². The minimum Gasteiger partial charge on any atom is -0.399 e. The summed E-state index contributed by atoms with van der Waals surface area (Å²) in [6.45, 7) is 2.06. The van der Waals surface area contributed by atoms with Crippen LogP contribution >= 0.6 is 15.9 Å². The molecule has 0 fully saturated rings. The largest absolute Gasteiger partial charge is 0.399 e. The number of benzene rings is 2. The Kier molecular flexibility index (Phi) is 2.82. The molecule has 0 amide bonds. The standard InChI is InChI=1S/C15H14BrN3/c1-9-7-11(17)4-5-12(9)15-18-13-8-10(16)3-6-14(13)19(15)2/h3-8H,17H2,1-2H3. The Balaban J connectivity index is 2.27. The smallest absolute Gasteiger partial charge is 0.141 e. The Morgan fingerprint density at radius 3 is 2.68 bits per heavy atom. The van der Waals surface area contributed by atoms with Crippen LogP contribution in [0.15, 0.2) is 40.9 Å². The number of nitrogens with zero attached hydrogens (tertiary/aromatic N) is 2. The van der Waals surface area contributed by atoms with E-state index in [-0.39, 0.29) is 0 Å². The van der Waals surface area contributed by atoms with E-state index in [1.54, 1.807) is 0 Å². The van der Waals surface area contributed by atoms with E-state index in [4.69, 9.17) is 10.7 Å². The number of anilines is 1. The van der Waals surface area contributed by atoms with Crippen molar-refractivity contribution in [2.45, 2.75) is 6.92 Å². The quantitative estimate of drug-likeness (QED) is 0.692. The van der Waals surface area contributed by atoms with Crippen molar-refractivity contribution in [1.29, 1.82) is 0 Å². The van der Waals surface area contributed by atoms with Crippen LogP contribution < -0.4 is 5.73 Å². The highest BCUT2D eigenvalue weighted by Gasteiger charge is 2.12. The first-order valence-corrected chi connectivity index (χ1v) is 6.84. The van der Waals surface area contributed by atoms with E-state index in [0.29, 0.717) is 0 Å². The number of imidazole rings is 1. The van der Waals surface area contributed by atoms with E-state index < -0.39 is 0 Å². The number of hydrogen-bond acceptors (Lipinski definition) is 2. The molecule has 1 heterocycles. The molecule has 0 atom stereocenters. The molecule has 0 aliphatic rings. The predicted molar refractivity (Wildman–Crippen MR) is 83.0 cm³/mol. The molecule has 19 heavy (non-hydrogen) atoms. The van der Waals surface area contributed by atoms with Crippen LogP contribution in [0.1, 0.15) is 5.56 Å². The fourth-order valence-corrected chi connectivity index (χ4v) is 2.70. The van der Waals surface area contributed by atoms with Gasteiger partial charge in [0.25, 0.3) is 0 Å². The molecule has 0 saturated carbocycles. The van der Waals surface area contributed by atoms with Crippen molar-refractivity contribution in [3.05, 3.63) is 46.4 Å². The normalized spacial score (nSPS) is 11.1. The summed E-state index contributed by atoms with van der Waals surface area (Å²) < 4.78 is 3.15. The number of aromatic nitrogens is 2. The zero-order valence-corrected chi connectivity index (χ0v) is 12.4. The Morgan fingerprint density at radius 2 is 1.95 bits per heavy atom. The molecule has 0 saturated heterocycles. The lowest BCUT2D eigenvalue weighted by molar-refractivity contribution is 0.957. The van der Waals surface area contributed by atoms with Gasteiger partial charge < -0.3 is 10.3 Å². The van der Waals surface area contributed by atoms with Crippen LogP contribution in [-0.4, -0.2) is 9.55 Å². The highest BCUT2D eigenvalue weighted by Crippen LogP contribution is 2.28. The molecule has 0 radical (unpaired) electrons. The first kappa shape index (κ1) is 12.2. The van der Waals surface area contributed by atoms with Crippen molar-refractivity contribution in [3.63, 3.8) is 0 Å². The summed E-state index contributed by atoms with van der Waals surface area (Å²) in [7, 11) is 2.04. The van der Waals surface area contributed by atoms with Gasteiger partial charge in [0, 0.05) is 22.8 Å². The molecular formula is C15H14BrN3. The van der Waals surface area contributed by atoms with Gasteiger partial charge in [-0.15, -0.1) is 0 Å². The van der Waals surface area contributed by atoms with Crippen LogP contribution in [0, 0.1) is 6.92 Å². The summed E-state index contributed by atoms with van der Waals surface area (Å²) in [4.78, 5) is 4.73. The first-order valence-electron chi connectivity index (χ1n) is 6.05. The molecular weight excluding hydrogens is 302 g/mol. The number of halogens is 1. The van der Waals surface area contributed by atoms with E-state index in [9.17, 15) is 0 Å². The van der Waals surface area contributed by atoms with E-state index in [0.717, 1.165) is 38.1 Å². The molecule has 2 aromatic carbocycles. The zero-order chi connectivity index (χ0) is 13.6. The minimum atomic E-state index is 0.780. The zero-order valence-electron chi connectivity index (χ0n) is 10.8. The summed E-state index contributed by atoms with van der Waals surface area (Å²) in [6, 6.07) is 12.1. The fraction of sp³-hybridized carbons (Fsp3) is 0.133. The molecule has 3 rings (SSSR count). The lowest BCUT2D eigenvalue weighted by atomic mass is 10.1. The van der Waals surface area contributed by atoms with Crippen LogP contribution in [0.4, 0.5) is 5.69 Å². The molecule has 4 heteroatoms. The number of hydrogen-bond donors (Lipinski definition) is 1. The predicted octanol–water partition coefficient (Wildman–Crippen LogP) is 3.89. The summed E-state index contributed by atoms with van der Waals surface area (Å²) in [5.41, 5.74) is 10.9. The van der Waals surface area contributed by atoms with Crippen LogP contribution in [0.5, 0.6) is 0 Å². The third-order valence-corrected chi connectivity index (χ3v) is 3.83. The van der Waals surface area contributed by atoms with Gasteiger partial charge in [-0.25, -0.2) is 4.98 Å². The van der Waals surface area contributed by atoms with Gasteiger partial charge in [-0.1, -0.05) is 15.9 Å². The Labute approximate surface area is 120 Å².